The summed E-state index contributed by atoms with van der Waals surface area (Å²) in [6.07, 6.45) is 4.33. The maximum Gasteiger partial charge on any atom is 0.325 e. The lowest BCUT2D eigenvalue weighted by molar-refractivity contribution is -0.135. The van der Waals surface area contributed by atoms with Gasteiger partial charge in [-0.1, -0.05) is 31.9 Å². The fraction of sp³-hybridized carbons (Fsp3) is 0.500. The van der Waals surface area contributed by atoms with Crippen molar-refractivity contribution in [3.05, 3.63) is 35.6 Å². The summed E-state index contributed by atoms with van der Waals surface area (Å²) in [5.41, 5.74) is -0.744. The molecule has 0 unspecified atom stereocenters. The van der Waals surface area contributed by atoms with Crippen LogP contribution in [-0.4, -0.2) is 35.3 Å². The topological polar surface area (TPSA) is 78.5 Å². The SMILES string of the molecule is CC[C@@]1(c2ccc(F)cc2)NC(=O)N(CC(=O)NC2CCCC2)C1=O. The molecule has 1 heterocycles. The third-order valence-corrected chi connectivity index (χ3v) is 5.07. The van der Waals surface area contributed by atoms with Gasteiger partial charge in [-0.2, -0.15) is 0 Å². The van der Waals surface area contributed by atoms with Crippen LogP contribution < -0.4 is 10.6 Å². The molecule has 0 bridgehead atoms. The van der Waals surface area contributed by atoms with Crippen LogP contribution >= 0.6 is 0 Å². The Morgan fingerprint density at radius 2 is 1.92 bits per heavy atom. The van der Waals surface area contributed by atoms with Gasteiger partial charge in [0.2, 0.25) is 5.91 Å². The third kappa shape index (κ3) is 3.23. The molecule has 1 aliphatic carbocycles. The Morgan fingerprint density at radius 3 is 2.52 bits per heavy atom. The Morgan fingerprint density at radius 1 is 1.28 bits per heavy atom. The summed E-state index contributed by atoms with van der Waals surface area (Å²) in [5, 5.41) is 5.56. The Kier molecular flexibility index (Phi) is 4.74. The molecule has 7 heteroatoms. The van der Waals surface area contributed by atoms with Crippen LogP contribution in [0.2, 0.25) is 0 Å². The van der Waals surface area contributed by atoms with Crippen LogP contribution in [0, 0.1) is 5.82 Å². The Hall–Kier alpha value is -2.44. The van der Waals surface area contributed by atoms with Gasteiger partial charge < -0.3 is 10.6 Å². The van der Waals surface area contributed by atoms with Gasteiger partial charge >= 0.3 is 6.03 Å². The van der Waals surface area contributed by atoms with Gasteiger partial charge in [-0.05, 0) is 37.0 Å². The number of hydrogen-bond acceptors (Lipinski definition) is 3. The van der Waals surface area contributed by atoms with Crippen molar-refractivity contribution in [3.8, 4) is 0 Å². The lowest BCUT2D eigenvalue weighted by Gasteiger charge is -2.25. The lowest BCUT2D eigenvalue weighted by atomic mass is 9.87. The predicted molar refractivity (Wildman–Crippen MR) is 89.0 cm³/mol. The van der Waals surface area contributed by atoms with E-state index in [1.807, 2.05) is 0 Å². The van der Waals surface area contributed by atoms with Crippen molar-refractivity contribution in [2.75, 3.05) is 6.54 Å². The summed E-state index contributed by atoms with van der Waals surface area (Å²) in [5.74, 6) is -1.23. The molecule has 3 rings (SSSR count). The number of rotatable bonds is 5. The van der Waals surface area contributed by atoms with E-state index in [1.54, 1.807) is 6.92 Å². The van der Waals surface area contributed by atoms with E-state index in [1.165, 1.54) is 24.3 Å². The first-order chi connectivity index (χ1) is 12.0. The van der Waals surface area contributed by atoms with Crippen molar-refractivity contribution in [2.24, 2.45) is 0 Å². The predicted octanol–water partition coefficient (Wildman–Crippen LogP) is 2.04. The monoisotopic (exact) mass is 347 g/mol. The Labute approximate surface area is 145 Å². The van der Waals surface area contributed by atoms with Gasteiger partial charge in [0.25, 0.3) is 5.91 Å². The number of carbonyl (C=O) groups excluding carboxylic acids is 3. The van der Waals surface area contributed by atoms with Gasteiger partial charge in [-0.15, -0.1) is 0 Å². The largest absolute Gasteiger partial charge is 0.352 e. The number of imide groups is 1. The molecule has 0 radical (unpaired) electrons. The van der Waals surface area contributed by atoms with Crippen LogP contribution in [0.25, 0.3) is 0 Å². The fourth-order valence-electron chi connectivity index (χ4n) is 3.63. The zero-order valence-corrected chi connectivity index (χ0v) is 14.2. The average Bonchev–Trinajstić information content (AvgIpc) is 3.18. The number of benzene rings is 1. The first-order valence-electron chi connectivity index (χ1n) is 8.66. The van der Waals surface area contributed by atoms with Crippen molar-refractivity contribution in [1.29, 1.82) is 0 Å². The smallest absolute Gasteiger partial charge is 0.325 e. The number of amides is 4. The molecule has 0 spiro atoms. The lowest BCUT2D eigenvalue weighted by Crippen LogP contribution is -2.45. The minimum atomic E-state index is -1.25. The second-order valence-electron chi connectivity index (χ2n) is 6.64. The van der Waals surface area contributed by atoms with E-state index in [9.17, 15) is 18.8 Å². The zero-order chi connectivity index (χ0) is 18.0. The molecule has 1 aromatic carbocycles. The fourth-order valence-corrected chi connectivity index (χ4v) is 3.63. The van der Waals surface area contributed by atoms with Crippen molar-refractivity contribution >= 4 is 17.8 Å². The molecular formula is C18H22FN3O3. The van der Waals surface area contributed by atoms with E-state index in [0.717, 1.165) is 30.6 Å². The molecule has 2 N–H and O–H groups in total. The van der Waals surface area contributed by atoms with Gasteiger partial charge in [0.15, 0.2) is 0 Å². The van der Waals surface area contributed by atoms with Crippen molar-refractivity contribution in [3.63, 3.8) is 0 Å². The summed E-state index contributed by atoms with van der Waals surface area (Å²) in [4.78, 5) is 38.3. The Balaban J connectivity index is 1.76. The highest BCUT2D eigenvalue weighted by atomic mass is 19.1. The molecule has 0 aromatic heterocycles. The first kappa shape index (κ1) is 17.4. The standard InChI is InChI=1S/C18H22FN3O3/c1-2-18(12-7-9-13(19)10-8-12)16(24)22(17(25)21-18)11-15(23)20-14-5-3-4-6-14/h7-10,14H,2-6,11H2,1H3,(H,20,23)(H,21,25)/t18-/m0/s1. The molecule has 25 heavy (non-hydrogen) atoms. The minimum absolute atomic E-state index is 0.126. The molecule has 1 atom stereocenters. The number of hydrogen-bond donors (Lipinski definition) is 2. The Bertz CT molecular complexity index is 685. The van der Waals surface area contributed by atoms with Crippen molar-refractivity contribution in [2.45, 2.75) is 50.6 Å². The number of carbonyl (C=O) groups is 3. The van der Waals surface area contributed by atoms with Crippen LogP contribution in [-0.2, 0) is 15.1 Å². The summed E-state index contributed by atoms with van der Waals surface area (Å²) < 4.78 is 13.2. The van der Waals surface area contributed by atoms with Gasteiger partial charge in [0.1, 0.15) is 17.9 Å². The normalized spacial score (nSPS) is 23.8. The second kappa shape index (κ2) is 6.82. The molecule has 1 aromatic rings. The van der Waals surface area contributed by atoms with E-state index in [2.05, 4.69) is 10.6 Å². The van der Waals surface area contributed by atoms with E-state index in [-0.39, 0.29) is 18.5 Å². The van der Waals surface area contributed by atoms with Crippen LogP contribution in [0.4, 0.5) is 9.18 Å². The highest BCUT2D eigenvalue weighted by molar-refractivity contribution is 6.09. The maximum atomic E-state index is 13.2. The van der Waals surface area contributed by atoms with Gasteiger partial charge in [0.05, 0.1) is 0 Å². The van der Waals surface area contributed by atoms with Gasteiger partial charge in [0, 0.05) is 6.04 Å². The summed E-state index contributed by atoms with van der Waals surface area (Å²) in [6.45, 7) is 1.47. The van der Waals surface area contributed by atoms with Gasteiger partial charge in [-0.3, -0.25) is 14.5 Å². The number of nitrogens with zero attached hydrogens (tertiary/aromatic N) is 1. The molecule has 1 aliphatic heterocycles. The molecule has 2 fully saturated rings. The number of nitrogens with one attached hydrogen (secondary N) is 2. The summed E-state index contributed by atoms with van der Waals surface area (Å²) in [6, 6.07) is 5.00. The molecule has 6 nitrogen and oxygen atoms in total. The van der Waals surface area contributed by atoms with E-state index >= 15 is 0 Å². The van der Waals surface area contributed by atoms with Crippen LogP contribution in [0.3, 0.4) is 0 Å². The average molecular weight is 347 g/mol. The number of halogens is 1. The van der Waals surface area contributed by atoms with Crippen molar-refractivity contribution < 1.29 is 18.8 Å². The molecule has 134 valence electrons. The molecule has 4 amide bonds. The zero-order valence-electron chi connectivity index (χ0n) is 14.2. The summed E-state index contributed by atoms with van der Waals surface area (Å²) in [7, 11) is 0. The molecule has 1 saturated carbocycles. The highest BCUT2D eigenvalue weighted by Gasteiger charge is 2.51. The van der Waals surface area contributed by atoms with Crippen molar-refractivity contribution in [1.82, 2.24) is 15.5 Å². The highest BCUT2D eigenvalue weighted by Crippen LogP contribution is 2.32. The van der Waals surface area contributed by atoms with Gasteiger partial charge in [-0.25, -0.2) is 9.18 Å². The van der Waals surface area contributed by atoms with E-state index in [4.69, 9.17) is 0 Å². The molecule has 2 aliphatic rings. The van der Waals surface area contributed by atoms with E-state index in [0.29, 0.717) is 12.0 Å². The van der Waals surface area contributed by atoms with Crippen LogP contribution in [0.15, 0.2) is 24.3 Å². The maximum absolute atomic E-state index is 13.2. The van der Waals surface area contributed by atoms with E-state index < -0.39 is 23.3 Å². The van der Waals surface area contributed by atoms with Crippen LogP contribution in [0.5, 0.6) is 0 Å². The minimum Gasteiger partial charge on any atom is -0.352 e. The first-order valence-corrected chi connectivity index (χ1v) is 8.66. The second-order valence-corrected chi connectivity index (χ2v) is 6.64. The quantitative estimate of drug-likeness (QED) is 0.800. The third-order valence-electron chi connectivity index (χ3n) is 5.07. The summed E-state index contributed by atoms with van der Waals surface area (Å²) >= 11 is 0. The van der Waals surface area contributed by atoms with Crippen LogP contribution in [0.1, 0.15) is 44.6 Å². The molecular weight excluding hydrogens is 325 g/mol. The molecule has 1 saturated heterocycles. The number of urea groups is 1.